The quantitative estimate of drug-likeness (QED) is 0.908. The van der Waals surface area contributed by atoms with Crippen molar-refractivity contribution in [3.8, 4) is 0 Å². The predicted molar refractivity (Wildman–Crippen MR) is 75.8 cm³/mol. The number of thiophene rings is 1. The van der Waals surface area contributed by atoms with Crippen molar-refractivity contribution in [1.82, 2.24) is 10.3 Å². The van der Waals surface area contributed by atoms with Gasteiger partial charge in [-0.2, -0.15) is 0 Å². The van der Waals surface area contributed by atoms with E-state index in [1.807, 2.05) is 23.6 Å². The van der Waals surface area contributed by atoms with Crippen LogP contribution in [0.2, 0.25) is 0 Å². The van der Waals surface area contributed by atoms with Gasteiger partial charge in [-0.1, -0.05) is 13.0 Å². The Hall–Kier alpha value is -1.19. The highest BCUT2D eigenvalue weighted by molar-refractivity contribution is 7.11. The van der Waals surface area contributed by atoms with E-state index in [-0.39, 0.29) is 0 Å². The minimum atomic E-state index is 0.438. The van der Waals surface area contributed by atoms with Gasteiger partial charge in [-0.05, 0) is 43.0 Å². The molecule has 94 valence electrons. The summed E-state index contributed by atoms with van der Waals surface area (Å²) >= 11 is 1.91. The van der Waals surface area contributed by atoms with Crippen LogP contribution in [0, 0.1) is 0 Å². The van der Waals surface area contributed by atoms with Crippen molar-refractivity contribution in [2.24, 2.45) is 0 Å². The summed E-state index contributed by atoms with van der Waals surface area (Å²) in [5.74, 6) is 0. The van der Waals surface area contributed by atoms with Crippen molar-refractivity contribution in [2.75, 3.05) is 0 Å². The standard InChI is InChI=1S/C15H18N2S/c1-2-12-6-7-13(18-12)10-17-14-8-5-11-4-3-9-16-15(11)14/h3-4,6-7,9,14,17H,2,5,8,10H2,1H3. The maximum absolute atomic E-state index is 4.52. The van der Waals surface area contributed by atoms with Gasteiger partial charge in [0.2, 0.25) is 0 Å². The van der Waals surface area contributed by atoms with Crippen molar-refractivity contribution >= 4 is 11.3 Å². The molecule has 2 aromatic rings. The first kappa shape index (κ1) is 11.9. The second-order valence-corrected chi connectivity index (χ2v) is 5.99. The molecule has 0 fully saturated rings. The van der Waals surface area contributed by atoms with Crippen LogP contribution in [-0.2, 0) is 19.4 Å². The minimum Gasteiger partial charge on any atom is -0.304 e. The largest absolute Gasteiger partial charge is 0.304 e. The first-order chi connectivity index (χ1) is 8.86. The molecule has 2 nitrogen and oxygen atoms in total. The second kappa shape index (κ2) is 5.21. The van der Waals surface area contributed by atoms with E-state index >= 15 is 0 Å². The van der Waals surface area contributed by atoms with Crippen molar-refractivity contribution in [3.05, 3.63) is 51.5 Å². The molecule has 0 amide bonds. The number of aryl methyl sites for hydroxylation is 2. The molecule has 0 aliphatic heterocycles. The molecule has 1 aliphatic rings. The average Bonchev–Trinajstić information content (AvgIpc) is 3.03. The van der Waals surface area contributed by atoms with Gasteiger partial charge in [-0.15, -0.1) is 11.3 Å². The van der Waals surface area contributed by atoms with Crippen molar-refractivity contribution in [2.45, 2.75) is 38.8 Å². The summed E-state index contributed by atoms with van der Waals surface area (Å²) in [5, 5.41) is 3.64. The molecule has 3 heteroatoms. The Morgan fingerprint density at radius 1 is 1.33 bits per heavy atom. The molecule has 1 N–H and O–H groups in total. The van der Waals surface area contributed by atoms with E-state index in [0.29, 0.717) is 6.04 Å². The Morgan fingerprint density at radius 2 is 2.22 bits per heavy atom. The molecule has 2 aromatic heterocycles. The monoisotopic (exact) mass is 258 g/mol. The highest BCUT2D eigenvalue weighted by Crippen LogP contribution is 2.29. The minimum absolute atomic E-state index is 0.438. The number of fused-ring (bicyclic) bond motifs is 1. The van der Waals surface area contributed by atoms with Gasteiger partial charge >= 0.3 is 0 Å². The van der Waals surface area contributed by atoms with Crippen molar-refractivity contribution in [3.63, 3.8) is 0 Å². The van der Waals surface area contributed by atoms with E-state index in [9.17, 15) is 0 Å². The number of aromatic nitrogens is 1. The molecule has 2 heterocycles. The van der Waals surface area contributed by atoms with Crippen LogP contribution in [0.1, 0.15) is 40.4 Å². The molecule has 0 saturated heterocycles. The number of nitrogens with one attached hydrogen (secondary N) is 1. The molecule has 1 atom stereocenters. The lowest BCUT2D eigenvalue weighted by Crippen LogP contribution is -2.18. The summed E-state index contributed by atoms with van der Waals surface area (Å²) in [5.41, 5.74) is 2.67. The number of hydrogen-bond donors (Lipinski definition) is 1. The molecular formula is C15H18N2S. The van der Waals surface area contributed by atoms with Gasteiger partial charge in [0.15, 0.2) is 0 Å². The van der Waals surface area contributed by atoms with Gasteiger partial charge in [0.25, 0.3) is 0 Å². The lowest BCUT2D eigenvalue weighted by molar-refractivity contribution is 0.524. The Morgan fingerprint density at radius 3 is 3.06 bits per heavy atom. The summed E-state index contributed by atoms with van der Waals surface area (Å²) in [4.78, 5) is 7.41. The van der Waals surface area contributed by atoms with E-state index in [2.05, 4.69) is 35.4 Å². The average molecular weight is 258 g/mol. The molecule has 0 bridgehead atoms. The van der Waals surface area contributed by atoms with E-state index in [1.165, 1.54) is 27.4 Å². The van der Waals surface area contributed by atoms with Crippen LogP contribution in [0.15, 0.2) is 30.5 Å². The Balaban J connectivity index is 1.65. The van der Waals surface area contributed by atoms with Gasteiger partial charge in [0, 0.05) is 22.5 Å². The third kappa shape index (κ3) is 2.33. The van der Waals surface area contributed by atoms with Crippen molar-refractivity contribution in [1.29, 1.82) is 0 Å². The molecular weight excluding hydrogens is 240 g/mol. The second-order valence-electron chi connectivity index (χ2n) is 4.74. The Labute approximate surface area is 112 Å². The maximum atomic E-state index is 4.52. The summed E-state index contributed by atoms with van der Waals surface area (Å²) in [7, 11) is 0. The number of pyridine rings is 1. The lowest BCUT2D eigenvalue weighted by atomic mass is 10.2. The van der Waals surface area contributed by atoms with Crippen molar-refractivity contribution < 1.29 is 0 Å². The van der Waals surface area contributed by atoms with Gasteiger partial charge in [0.05, 0.1) is 11.7 Å². The maximum Gasteiger partial charge on any atom is 0.0605 e. The highest BCUT2D eigenvalue weighted by Gasteiger charge is 2.22. The van der Waals surface area contributed by atoms with Gasteiger partial charge in [-0.3, -0.25) is 4.98 Å². The van der Waals surface area contributed by atoms with E-state index in [4.69, 9.17) is 0 Å². The SMILES string of the molecule is CCc1ccc(CNC2CCc3cccnc32)s1. The molecule has 0 radical (unpaired) electrons. The molecule has 0 spiro atoms. The fourth-order valence-corrected chi connectivity index (χ4v) is 3.45. The van der Waals surface area contributed by atoms with Gasteiger partial charge in [0.1, 0.15) is 0 Å². The van der Waals surface area contributed by atoms with Crippen LogP contribution in [0.3, 0.4) is 0 Å². The first-order valence-electron chi connectivity index (χ1n) is 6.61. The van der Waals surface area contributed by atoms with Gasteiger partial charge < -0.3 is 5.32 Å². The van der Waals surface area contributed by atoms with E-state index in [1.54, 1.807) is 0 Å². The van der Waals surface area contributed by atoms with Gasteiger partial charge in [-0.25, -0.2) is 0 Å². The molecule has 0 aromatic carbocycles. The van der Waals surface area contributed by atoms with Crippen LogP contribution in [-0.4, -0.2) is 4.98 Å². The zero-order chi connectivity index (χ0) is 12.4. The molecule has 18 heavy (non-hydrogen) atoms. The third-order valence-corrected chi connectivity index (χ3v) is 4.78. The zero-order valence-corrected chi connectivity index (χ0v) is 11.5. The summed E-state index contributed by atoms with van der Waals surface area (Å²) in [6.07, 6.45) is 5.38. The normalized spacial score (nSPS) is 17.9. The molecule has 1 unspecified atom stereocenters. The summed E-state index contributed by atoms with van der Waals surface area (Å²) < 4.78 is 0. The molecule has 3 rings (SSSR count). The van der Waals surface area contributed by atoms with Crippen LogP contribution in [0.4, 0.5) is 0 Å². The lowest BCUT2D eigenvalue weighted by Gasteiger charge is -2.11. The Kier molecular flexibility index (Phi) is 3.43. The van der Waals surface area contributed by atoms with E-state index < -0.39 is 0 Å². The van der Waals surface area contributed by atoms with Crippen LogP contribution < -0.4 is 5.32 Å². The fourth-order valence-electron chi connectivity index (χ4n) is 2.54. The smallest absolute Gasteiger partial charge is 0.0605 e. The number of nitrogens with zero attached hydrogens (tertiary/aromatic N) is 1. The zero-order valence-electron chi connectivity index (χ0n) is 10.6. The third-order valence-electron chi connectivity index (χ3n) is 3.55. The summed E-state index contributed by atoms with van der Waals surface area (Å²) in [6, 6.07) is 9.15. The summed E-state index contributed by atoms with van der Waals surface area (Å²) in [6.45, 7) is 3.17. The molecule has 1 aliphatic carbocycles. The number of rotatable bonds is 4. The predicted octanol–water partition coefficient (Wildman–Crippen LogP) is 3.48. The highest BCUT2D eigenvalue weighted by atomic mass is 32.1. The van der Waals surface area contributed by atoms with Crippen LogP contribution in [0.25, 0.3) is 0 Å². The van der Waals surface area contributed by atoms with E-state index in [0.717, 1.165) is 19.4 Å². The van der Waals surface area contributed by atoms with Crippen LogP contribution >= 0.6 is 11.3 Å². The number of hydrogen-bond acceptors (Lipinski definition) is 3. The Bertz CT molecular complexity index is 533. The fraction of sp³-hybridized carbons (Fsp3) is 0.400. The first-order valence-corrected chi connectivity index (χ1v) is 7.43. The molecule has 0 saturated carbocycles. The van der Waals surface area contributed by atoms with Crippen LogP contribution in [0.5, 0.6) is 0 Å². The topological polar surface area (TPSA) is 24.9 Å².